The summed E-state index contributed by atoms with van der Waals surface area (Å²) < 4.78 is 24.9. The van der Waals surface area contributed by atoms with Gasteiger partial charge in [-0.25, -0.2) is 13.4 Å². The maximum Gasteiger partial charge on any atom is 0.262 e. The number of fused-ring (bicyclic) bond motifs is 1. The lowest BCUT2D eigenvalue weighted by Gasteiger charge is -2.26. The molecule has 1 aliphatic rings. The van der Waals surface area contributed by atoms with Crippen LogP contribution in [0.3, 0.4) is 0 Å². The normalized spacial score (nSPS) is 19.4. The molecule has 28 heavy (non-hydrogen) atoms. The quantitative estimate of drug-likeness (QED) is 0.401. The van der Waals surface area contributed by atoms with E-state index in [1.807, 2.05) is 6.07 Å². The highest BCUT2D eigenvalue weighted by Gasteiger charge is 2.34. The van der Waals surface area contributed by atoms with Crippen LogP contribution in [0, 0.1) is 0 Å². The van der Waals surface area contributed by atoms with Gasteiger partial charge in [0.2, 0.25) is 5.91 Å². The van der Waals surface area contributed by atoms with E-state index in [2.05, 4.69) is 11.6 Å². The molecule has 0 aliphatic carbocycles. The van der Waals surface area contributed by atoms with Gasteiger partial charge < -0.3 is 4.90 Å². The van der Waals surface area contributed by atoms with Crippen LogP contribution in [-0.4, -0.2) is 58.6 Å². The van der Waals surface area contributed by atoms with Crippen molar-refractivity contribution in [3.63, 3.8) is 0 Å². The number of para-hydroxylation sites is 1. The van der Waals surface area contributed by atoms with E-state index in [-0.39, 0.29) is 35.6 Å². The van der Waals surface area contributed by atoms with E-state index in [1.165, 1.54) is 21.2 Å². The summed E-state index contributed by atoms with van der Waals surface area (Å²) in [7, 11) is -1.44. The predicted molar refractivity (Wildman–Crippen MR) is 111 cm³/mol. The molecule has 9 heteroatoms. The fourth-order valence-corrected chi connectivity index (χ4v) is 6.08. The number of thioether (sulfide) groups is 1. The molecule has 1 aliphatic heterocycles. The van der Waals surface area contributed by atoms with Crippen LogP contribution in [0.1, 0.15) is 13.3 Å². The molecule has 1 aromatic heterocycles. The monoisotopic (exact) mass is 421 g/mol. The highest BCUT2D eigenvalue weighted by molar-refractivity contribution is 8.00. The highest BCUT2D eigenvalue weighted by atomic mass is 32.2. The Kier molecular flexibility index (Phi) is 5.95. The van der Waals surface area contributed by atoms with E-state index in [4.69, 9.17) is 0 Å². The zero-order valence-corrected chi connectivity index (χ0v) is 17.5. The van der Waals surface area contributed by atoms with Gasteiger partial charge in [0.25, 0.3) is 5.56 Å². The van der Waals surface area contributed by atoms with Crippen LogP contribution < -0.4 is 5.56 Å². The van der Waals surface area contributed by atoms with Crippen LogP contribution in [-0.2, 0) is 21.2 Å². The third kappa shape index (κ3) is 4.15. The van der Waals surface area contributed by atoms with E-state index < -0.39 is 15.1 Å². The van der Waals surface area contributed by atoms with Crippen molar-refractivity contribution in [3.8, 4) is 0 Å². The van der Waals surface area contributed by atoms with Gasteiger partial charge in [-0.1, -0.05) is 30.0 Å². The number of benzene rings is 1. The molecule has 1 fully saturated rings. The number of nitrogens with zero attached hydrogens (tertiary/aromatic N) is 3. The second-order valence-corrected chi connectivity index (χ2v) is 10.4. The summed E-state index contributed by atoms with van der Waals surface area (Å²) in [5.41, 5.74) is 0.396. The molecule has 1 amide bonds. The average Bonchev–Trinajstić information content (AvgIpc) is 3.03. The van der Waals surface area contributed by atoms with Gasteiger partial charge in [-0.2, -0.15) is 0 Å². The smallest absolute Gasteiger partial charge is 0.262 e. The lowest BCUT2D eigenvalue weighted by atomic mass is 10.2. The Hall–Kier alpha value is -2.13. The van der Waals surface area contributed by atoms with E-state index in [0.717, 1.165) is 0 Å². The number of carbonyl (C=O) groups is 1. The Bertz CT molecular complexity index is 1080. The lowest BCUT2D eigenvalue weighted by Crippen LogP contribution is -2.42. The van der Waals surface area contributed by atoms with Crippen molar-refractivity contribution in [3.05, 3.63) is 47.3 Å². The molecule has 2 heterocycles. The molecule has 7 nitrogen and oxygen atoms in total. The summed E-state index contributed by atoms with van der Waals surface area (Å²) >= 11 is 1.20. The van der Waals surface area contributed by atoms with Crippen molar-refractivity contribution in [2.75, 3.05) is 18.6 Å². The molecule has 3 rings (SSSR count). The Labute approximate surface area is 168 Å². The number of allylic oxidation sites excluding steroid dienone is 1. The fourth-order valence-electron chi connectivity index (χ4n) is 3.28. The molecule has 0 radical (unpaired) electrons. The SMILES string of the molecule is C=CCn1c(S[C@@H](C)C(=O)N(C)[C@@H]2CCS(=O)(=O)C2)nc2ccccc2c1=O. The van der Waals surface area contributed by atoms with Gasteiger partial charge in [-0.15, -0.1) is 6.58 Å². The molecule has 150 valence electrons. The first-order valence-electron chi connectivity index (χ1n) is 8.97. The number of carbonyl (C=O) groups excluding carboxylic acids is 1. The summed E-state index contributed by atoms with van der Waals surface area (Å²) in [5, 5.41) is 0.440. The van der Waals surface area contributed by atoms with Crippen molar-refractivity contribution in [2.24, 2.45) is 0 Å². The van der Waals surface area contributed by atoms with E-state index in [9.17, 15) is 18.0 Å². The number of aromatic nitrogens is 2. The summed E-state index contributed by atoms with van der Waals surface area (Å²) in [5.74, 6) is -0.0658. The molecule has 0 spiro atoms. The first-order valence-corrected chi connectivity index (χ1v) is 11.7. The van der Waals surface area contributed by atoms with Gasteiger partial charge in [-0.3, -0.25) is 14.2 Å². The minimum absolute atomic E-state index is 0.00201. The minimum atomic E-state index is -3.07. The third-order valence-electron chi connectivity index (χ3n) is 4.87. The standard InChI is InChI=1S/C19H23N3O4S2/c1-4-10-22-18(24)15-7-5-6-8-16(15)20-19(22)27-13(2)17(23)21(3)14-9-11-28(25,26)12-14/h4-8,13-14H,1,9-12H2,2-3H3/t13-,14+/m0/s1. The molecule has 0 bridgehead atoms. The van der Waals surface area contributed by atoms with Gasteiger partial charge in [0.05, 0.1) is 27.7 Å². The molecule has 2 aromatic rings. The van der Waals surface area contributed by atoms with Gasteiger partial charge in [0.15, 0.2) is 15.0 Å². The molecule has 2 atom stereocenters. The molecular formula is C19H23N3O4S2. The molecular weight excluding hydrogens is 398 g/mol. The second-order valence-electron chi connectivity index (χ2n) is 6.88. The summed E-state index contributed by atoms with van der Waals surface area (Å²) in [6.07, 6.45) is 2.07. The van der Waals surface area contributed by atoms with E-state index in [1.54, 1.807) is 38.2 Å². The number of amides is 1. The summed E-state index contributed by atoms with van der Waals surface area (Å²) in [4.78, 5) is 31.7. The van der Waals surface area contributed by atoms with Crippen molar-refractivity contribution in [2.45, 2.75) is 36.3 Å². The van der Waals surface area contributed by atoms with E-state index in [0.29, 0.717) is 22.5 Å². The van der Waals surface area contributed by atoms with Crippen molar-refractivity contribution >= 4 is 38.4 Å². The first kappa shape index (κ1) is 20.6. The average molecular weight is 422 g/mol. The van der Waals surface area contributed by atoms with E-state index >= 15 is 0 Å². The highest BCUT2D eigenvalue weighted by Crippen LogP contribution is 2.26. The van der Waals surface area contributed by atoms with Crippen molar-refractivity contribution in [1.29, 1.82) is 0 Å². The van der Waals surface area contributed by atoms with Crippen molar-refractivity contribution < 1.29 is 13.2 Å². The zero-order chi connectivity index (χ0) is 20.5. The molecule has 0 saturated carbocycles. The Morgan fingerprint density at radius 2 is 2.18 bits per heavy atom. The van der Waals surface area contributed by atoms with Gasteiger partial charge in [0.1, 0.15) is 0 Å². The largest absolute Gasteiger partial charge is 0.341 e. The first-order chi connectivity index (χ1) is 13.2. The topological polar surface area (TPSA) is 89.3 Å². The predicted octanol–water partition coefficient (Wildman–Crippen LogP) is 1.71. The molecule has 0 N–H and O–H groups in total. The summed E-state index contributed by atoms with van der Waals surface area (Å²) in [6, 6.07) is 6.78. The van der Waals surface area contributed by atoms with Crippen LogP contribution in [0.5, 0.6) is 0 Å². The van der Waals surface area contributed by atoms with Crippen LogP contribution >= 0.6 is 11.8 Å². The number of hydrogen-bond acceptors (Lipinski definition) is 6. The van der Waals surface area contributed by atoms with Crippen LogP contribution in [0.25, 0.3) is 10.9 Å². The maximum atomic E-state index is 12.8. The van der Waals surface area contributed by atoms with Gasteiger partial charge in [0, 0.05) is 19.6 Å². The molecule has 0 unspecified atom stereocenters. The Balaban J connectivity index is 1.86. The van der Waals surface area contributed by atoms with Gasteiger partial charge in [-0.05, 0) is 25.5 Å². The number of rotatable bonds is 6. The van der Waals surface area contributed by atoms with Crippen molar-refractivity contribution in [1.82, 2.24) is 14.5 Å². The fraction of sp³-hybridized carbons (Fsp3) is 0.421. The van der Waals surface area contributed by atoms with Gasteiger partial charge >= 0.3 is 0 Å². The maximum absolute atomic E-state index is 12.8. The lowest BCUT2D eigenvalue weighted by molar-refractivity contribution is -0.130. The number of sulfone groups is 1. The molecule has 1 saturated heterocycles. The zero-order valence-electron chi connectivity index (χ0n) is 15.9. The molecule has 1 aromatic carbocycles. The summed E-state index contributed by atoms with van der Waals surface area (Å²) in [6.45, 7) is 5.73. The number of hydrogen-bond donors (Lipinski definition) is 0. The Morgan fingerprint density at radius 1 is 1.46 bits per heavy atom. The van der Waals surface area contributed by atoms with Crippen LogP contribution in [0.2, 0.25) is 0 Å². The third-order valence-corrected chi connectivity index (χ3v) is 7.70. The second kappa shape index (κ2) is 8.08. The van der Waals surface area contributed by atoms with Crippen LogP contribution in [0.15, 0.2) is 46.9 Å². The van der Waals surface area contributed by atoms with Crippen LogP contribution in [0.4, 0.5) is 0 Å². The Morgan fingerprint density at radius 3 is 2.82 bits per heavy atom. The minimum Gasteiger partial charge on any atom is -0.341 e.